The van der Waals surface area contributed by atoms with E-state index < -0.39 is 23.8 Å². The quantitative estimate of drug-likeness (QED) is 0.522. The lowest BCUT2D eigenvalue weighted by Crippen LogP contribution is -2.22. The fraction of sp³-hybridized carbons (Fsp3) is 0.250. The van der Waals surface area contributed by atoms with E-state index >= 15 is 0 Å². The Morgan fingerprint density at radius 3 is 2.20 bits per heavy atom. The van der Waals surface area contributed by atoms with Crippen molar-refractivity contribution in [3.8, 4) is 11.5 Å². The van der Waals surface area contributed by atoms with Crippen molar-refractivity contribution in [2.45, 2.75) is 24.7 Å². The van der Waals surface area contributed by atoms with Crippen LogP contribution in [-0.4, -0.2) is 18.4 Å². The molecule has 1 N–H and O–H groups in total. The van der Waals surface area contributed by atoms with E-state index in [-0.39, 0.29) is 6.42 Å². The molecule has 0 aliphatic rings. The van der Waals surface area contributed by atoms with E-state index in [1.807, 2.05) is 42.5 Å². The highest BCUT2D eigenvalue weighted by molar-refractivity contribution is 7.86. The van der Waals surface area contributed by atoms with Gasteiger partial charge in [0.2, 0.25) is 5.44 Å². The van der Waals surface area contributed by atoms with Crippen molar-refractivity contribution in [3.05, 3.63) is 60.2 Å². The highest BCUT2D eigenvalue weighted by atomic mass is 32.2. The van der Waals surface area contributed by atoms with Crippen LogP contribution in [0.2, 0.25) is 0 Å². The van der Waals surface area contributed by atoms with Crippen molar-refractivity contribution in [2.24, 2.45) is 0 Å². The third-order valence-corrected chi connectivity index (χ3v) is 4.91. The van der Waals surface area contributed by atoms with Crippen LogP contribution in [0.5, 0.6) is 11.5 Å². The summed E-state index contributed by atoms with van der Waals surface area (Å²) >= 11 is 0. The van der Waals surface area contributed by atoms with Gasteiger partial charge in [0, 0.05) is 0 Å². The van der Waals surface area contributed by atoms with E-state index in [1.54, 1.807) is 12.1 Å². The van der Waals surface area contributed by atoms with Gasteiger partial charge in [-0.15, -0.1) is 4.52 Å². The second kappa shape index (κ2) is 9.03. The molecule has 0 amide bonds. The van der Waals surface area contributed by atoms with Gasteiger partial charge in [0.1, 0.15) is 11.5 Å². The number of benzene rings is 2. The molecule has 7 nitrogen and oxygen atoms in total. The molecule has 0 aromatic heterocycles. The van der Waals surface area contributed by atoms with Gasteiger partial charge >= 0.3 is 8.25 Å². The Balaban J connectivity index is 1.87. The molecule has 2 unspecified atom stereocenters. The van der Waals surface area contributed by atoms with Gasteiger partial charge in [-0.1, -0.05) is 30.3 Å². The second-order valence-electron chi connectivity index (χ2n) is 5.22. The van der Waals surface area contributed by atoms with Crippen molar-refractivity contribution in [1.82, 2.24) is 0 Å². The molecular weight excluding hydrogens is 367 g/mol. The van der Waals surface area contributed by atoms with Crippen LogP contribution in [0.1, 0.15) is 18.4 Å². The van der Waals surface area contributed by atoms with Gasteiger partial charge in [-0.25, -0.2) is 0 Å². The van der Waals surface area contributed by atoms with Crippen molar-refractivity contribution in [2.75, 3.05) is 0 Å². The van der Waals surface area contributed by atoms with E-state index in [4.69, 9.17) is 9.29 Å². The molecule has 0 saturated heterocycles. The highest BCUT2D eigenvalue weighted by Gasteiger charge is 2.29. The maximum Gasteiger partial charge on any atom is 0.489 e. The molecule has 9 heteroatoms. The third-order valence-electron chi connectivity index (χ3n) is 3.34. The van der Waals surface area contributed by atoms with Crippen LogP contribution >= 0.6 is 8.25 Å². The first-order chi connectivity index (χ1) is 11.8. The Labute approximate surface area is 146 Å². The number of aryl methyl sites for hydroxylation is 1. The Kier molecular flexibility index (Phi) is 7.04. The minimum atomic E-state index is -4.58. The Morgan fingerprint density at radius 1 is 1.04 bits per heavy atom. The van der Waals surface area contributed by atoms with Crippen LogP contribution in [-0.2, 0) is 25.6 Å². The monoisotopic (exact) mass is 384 g/mol. The molecule has 0 spiro atoms. The minimum Gasteiger partial charge on any atom is -0.566 e. The molecular formula is C16H17O7PS. The molecule has 0 heterocycles. The van der Waals surface area contributed by atoms with Gasteiger partial charge in [-0.05, 0) is 53.7 Å². The summed E-state index contributed by atoms with van der Waals surface area (Å²) in [4.78, 5) is 10.5. The van der Waals surface area contributed by atoms with Gasteiger partial charge in [0.05, 0.1) is 0 Å². The Morgan fingerprint density at radius 2 is 1.64 bits per heavy atom. The largest absolute Gasteiger partial charge is 0.566 e. The summed E-state index contributed by atoms with van der Waals surface area (Å²) in [5.74, 6) is 1.38. The average Bonchev–Trinajstić information content (AvgIpc) is 2.55. The summed E-state index contributed by atoms with van der Waals surface area (Å²) in [6.45, 7) is 0. The summed E-state index contributed by atoms with van der Waals surface area (Å²) in [5.41, 5.74) is -0.852. The van der Waals surface area contributed by atoms with Gasteiger partial charge in [0.25, 0.3) is 10.1 Å². The molecule has 2 atom stereocenters. The van der Waals surface area contributed by atoms with Crippen LogP contribution < -0.4 is 9.63 Å². The van der Waals surface area contributed by atoms with Crippen molar-refractivity contribution >= 4 is 18.4 Å². The molecule has 0 aliphatic heterocycles. The zero-order valence-electron chi connectivity index (χ0n) is 13.1. The lowest BCUT2D eigenvalue weighted by Gasteiger charge is -2.09. The van der Waals surface area contributed by atoms with Gasteiger partial charge in [-0.3, -0.25) is 4.55 Å². The zero-order chi connectivity index (χ0) is 18.3. The maximum atomic E-state index is 11.1. The molecule has 0 bridgehead atoms. The van der Waals surface area contributed by atoms with E-state index in [0.717, 1.165) is 11.3 Å². The summed E-state index contributed by atoms with van der Waals surface area (Å²) in [5, 5.41) is 0. The standard InChI is InChI=1S/C16H17O7PS/c17-24(18)23-16(25(19,20)21)8-4-5-13-9-11-15(12-10-13)22-14-6-2-1-3-7-14/h1-3,6-7,9-12,16H,4-5,8H2,(H,19,20,21). The second-order valence-corrected chi connectivity index (χ2v) is 7.44. The topological polar surface area (TPSA) is 113 Å². The minimum absolute atomic E-state index is 0.135. The Bertz CT molecular complexity index is 791. The number of para-hydroxylation sites is 1. The Hall–Kier alpha value is -1.83. The van der Waals surface area contributed by atoms with E-state index in [1.165, 1.54) is 0 Å². The van der Waals surface area contributed by atoms with Crippen LogP contribution in [0.4, 0.5) is 0 Å². The van der Waals surface area contributed by atoms with Gasteiger partial charge < -0.3 is 9.63 Å². The highest BCUT2D eigenvalue weighted by Crippen LogP contribution is 2.23. The number of rotatable bonds is 9. The van der Waals surface area contributed by atoms with Crippen LogP contribution in [0.3, 0.4) is 0 Å². The predicted octanol–water partition coefficient (Wildman–Crippen LogP) is 3.05. The predicted molar refractivity (Wildman–Crippen MR) is 89.9 cm³/mol. The lowest BCUT2D eigenvalue weighted by molar-refractivity contribution is -0.187. The lowest BCUT2D eigenvalue weighted by atomic mass is 10.1. The fourth-order valence-electron chi connectivity index (χ4n) is 2.17. The van der Waals surface area contributed by atoms with Crippen LogP contribution in [0, 0.1) is 0 Å². The maximum absolute atomic E-state index is 11.1. The molecule has 0 aliphatic carbocycles. The number of hydrogen-bond donors (Lipinski definition) is 1. The normalized spacial score (nSPS) is 13.3. The molecule has 0 radical (unpaired) electrons. The van der Waals surface area contributed by atoms with E-state index in [9.17, 15) is 17.9 Å². The van der Waals surface area contributed by atoms with Crippen molar-refractivity contribution in [3.63, 3.8) is 0 Å². The molecule has 2 rings (SSSR count). The van der Waals surface area contributed by atoms with E-state index in [0.29, 0.717) is 18.6 Å². The summed E-state index contributed by atoms with van der Waals surface area (Å²) in [6, 6.07) is 16.5. The van der Waals surface area contributed by atoms with E-state index in [2.05, 4.69) is 4.52 Å². The molecule has 134 valence electrons. The average molecular weight is 384 g/mol. The number of ether oxygens (including phenoxy) is 1. The summed E-state index contributed by atoms with van der Waals surface area (Å²) in [7, 11) is -7.94. The first kappa shape index (κ1) is 19.5. The van der Waals surface area contributed by atoms with Gasteiger partial charge in [-0.2, -0.15) is 8.42 Å². The van der Waals surface area contributed by atoms with Crippen LogP contribution in [0.15, 0.2) is 54.6 Å². The van der Waals surface area contributed by atoms with Crippen LogP contribution in [0.25, 0.3) is 0 Å². The smallest absolute Gasteiger partial charge is 0.489 e. The first-order valence-electron chi connectivity index (χ1n) is 7.44. The molecule has 0 fully saturated rings. The molecule has 0 saturated carbocycles. The molecule has 2 aromatic carbocycles. The van der Waals surface area contributed by atoms with Crippen molar-refractivity contribution in [1.29, 1.82) is 0 Å². The summed E-state index contributed by atoms with van der Waals surface area (Å²) in [6.07, 6.45) is 0.688. The third kappa shape index (κ3) is 6.89. The molecule has 2 aromatic rings. The molecule has 25 heavy (non-hydrogen) atoms. The van der Waals surface area contributed by atoms with Crippen molar-refractivity contribution < 1.29 is 31.7 Å². The fourth-order valence-corrected chi connectivity index (χ4v) is 3.58. The zero-order valence-corrected chi connectivity index (χ0v) is 14.9. The SMILES string of the molecule is O=[P+]([O-])OC(CCCc1ccc(Oc2ccccc2)cc1)S(=O)(=O)O. The number of hydrogen-bond acceptors (Lipinski definition) is 6. The summed E-state index contributed by atoms with van der Waals surface area (Å²) < 4.78 is 51.5. The van der Waals surface area contributed by atoms with Gasteiger partial charge in [0.15, 0.2) is 0 Å². The first-order valence-corrected chi connectivity index (χ1v) is 10.0.